The smallest absolute Gasteiger partial charge is 0.328 e. The van der Waals surface area contributed by atoms with E-state index in [4.69, 9.17) is 33.4 Å². The molecule has 0 spiro atoms. The van der Waals surface area contributed by atoms with Gasteiger partial charge in [0.25, 0.3) is 0 Å². The van der Waals surface area contributed by atoms with Crippen LogP contribution in [0.2, 0.25) is 0 Å². The van der Waals surface area contributed by atoms with Gasteiger partial charge in [0.1, 0.15) is 6.04 Å². The number of aliphatic carboxylic acids is 1. The van der Waals surface area contributed by atoms with Crippen molar-refractivity contribution < 1.29 is 19.8 Å². The number of rotatable bonds is 10. The number of aliphatic hydroxyl groups is 1. The number of carboxylic acids is 1. The third-order valence-corrected chi connectivity index (χ3v) is 3.53. The highest BCUT2D eigenvalue weighted by Gasteiger charge is 2.18. The maximum atomic E-state index is 11.8. The average molecular weight is 363 g/mol. The van der Waals surface area contributed by atoms with Crippen LogP contribution in [-0.2, 0) is 16.0 Å². The lowest BCUT2D eigenvalue weighted by atomic mass is 10.1. The van der Waals surface area contributed by atoms with Crippen LogP contribution in [-0.4, -0.2) is 59.6 Å². The van der Waals surface area contributed by atoms with Crippen LogP contribution in [0.25, 0.3) is 0 Å². The zero-order chi connectivity index (χ0) is 17.2. The number of hydrogen-bond donors (Lipinski definition) is 3. The van der Waals surface area contributed by atoms with E-state index in [2.05, 4.69) is 5.32 Å². The normalized spacial score (nSPS) is 11.8. The van der Waals surface area contributed by atoms with Crippen LogP contribution < -0.4 is 10.2 Å². The van der Waals surface area contributed by atoms with Crippen molar-refractivity contribution in [2.45, 2.75) is 12.5 Å². The molecule has 1 amide bonds. The number of carbonyl (C=O) groups excluding carboxylic acids is 1. The van der Waals surface area contributed by atoms with Gasteiger partial charge in [0.05, 0.1) is 13.0 Å². The van der Waals surface area contributed by atoms with Crippen LogP contribution >= 0.6 is 23.2 Å². The number of carbonyl (C=O) groups is 2. The van der Waals surface area contributed by atoms with Gasteiger partial charge >= 0.3 is 5.97 Å². The van der Waals surface area contributed by atoms with E-state index in [1.54, 1.807) is 12.1 Å². The number of aliphatic hydroxyl groups excluding tert-OH is 1. The molecule has 1 aromatic rings. The number of carboxylic acid groups (broad SMARTS) is 1. The Labute approximate surface area is 145 Å². The number of nitrogens with one attached hydrogen (secondary N) is 1. The molecule has 0 aliphatic rings. The molecule has 0 aliphatic carbocycles. The average Bonchev–Trinajstić information content (AvgIpc) is 2.53. The predicted octanol–water partition coefficient (Wildman–Crippen LogP) is 1.07. The summed E-state index contributed by atoms with van der Waals surface area (Å²) in [6.07, 6.45) is 0.0368. The Balaban J connectivity index is 2.65. The Kier molecular flexibility index (Phi) is 8.76. The fraction of sp³-hybridized carbons (Fsp3) is 0.467. The van der Waals surface area contributed by atoms with Crippen molar-refractivity contribution in [3.05, 3.63) is 29.8 Å². The molecule has 0 aliphatic heterocycles. The van der Waals surface area contributed by atoms with E-state index in [9.17, 15) is 9.59 Å². The molecule has 23 heavy (non-hydrogen) atoms. The fourth-order valence-corrected chi connectivity index (χ4v) is 2.42. The molecule has 0 heterocycles. The summed E-state index contributed by atoms with van der Waals surface area (Å²) in [5, 5.41) is 19.9. The summed E-state index contributed by atoms with van der Waals surface area (Å²) < 4.78 is 0. The van der Waals surface area contributed by atoms with Gasteiger partial charge in [0.15, 0.2) is 0 Å². The van der Waals surface area contributed by atoms with Crippen LogP contribution in [0.5, 0.6) is 0 Å². The SMILES string of the molecule is O=C(Cc1ccc(N(CCCl)CCCl)cc1)N[C@@H](CO)C(=O)O. The molecule has 128 valence electrons. The topological polar surface area (TPSA) is 89.9 Å². The minimum absolute atomic E-state index is 0.0368. The van der Waals surface area contributed by atoms with Gasteiger partial charge in [-0.15, -0.1) is 23.2 Å². The number of benzene rings is 1. The van der Waals surface area contributed by atoms with Gasteiger partial charge in [0, 0.05) is 30.5 Å². The first-order chi connectivity index (χ1) is 11.0. The highest BCUT2D eigenvalue weighted by atomic mass is 35.5. The zero-order valence-corrected chi connectivity index (χ0v) is 14.1. The summed E-state index contributed by atoms with van der Waals surface area (Å²) in [4.78, 5) is 24.6. The molecular formula is C15H20Cl2N2O4. The first-order valence-electron chi connectivity index (χ1n) is 7.10. The Morgan fingerprint density at radius 1 is 1.13 bits per heavy atom. The molecule has 0 fully saturated rings. The van der Waals surface area contributed by atoms with Gasteiger partial charge in [-0.05, 0) is 17.7 Å². The first kappa shape index (κ1) is 19.5. The van der Waals surface area contributed by atoms with Crippen molar-refractivity contribution in [1.29, 1.82) is 0 Å². The van der Waals surface area contributed by atoms with Crippen LogP contribution in [0.3, 0.4) is 0 Å². The molecule has 1 aromatic carbocycles. The van der Waals surface area contributed by atoms with E-state index in [1.165, 1.54) is 0 Å². The van der Waals surface area contributed by atoms with Crippen molar-refractivity contribution in [2.24, 2.45) is 0 Å². The van der Waals surface area contributed by atoms with E-state index in [-0.39, 0.29) is 6.42 Å². The number of halogens is 2. The molecule has 0 saturated carbocycles. The maximum Gasteiger partial charge on any atom is 0.328 e. The molecule has 0 aromatic heterocycles. The maximum absolute atomic E-state index is 11.8. The summed E-state index contributed by atoms with van der Waals surface area (Å²) in [7, 11) is 0. The summed E-state index contributed by atoms with van der Waals surface area (Å²) in [5.74, 6) is -0.760. The molecular weight excluding hydrogens is 343 g/mol. The van der Waals surface area contributed by atoms with Gasteiger partial charge in [-0.2, -0.15) is 0 Å². The molecule has 1 rings (SSSR count). The second-order valence-electron chi connectivity index (χ2n) is 4.85. The van der Waals surface area contributed by atoms with Crippen molar-refractivity contribution in [1.82, 2.24) is 5.32 Å². The molecule has 0 unspecified atom stereocenters. The van der Waals surface area contributed by atoms with Crippen LogP contribution in [0.4, 0.5) is 5.69 Å². The summed E-state index contributed by atoms with van der Waals surface area (Å²) >= 11 is 11.5. The van der Waals surface area contributed by atoms with Gasteiger partial charge in [-0.25, -0.2) is 4.79 Å². The lowest BCUT2D eigenvalue weighted by Crippen LogP contribution is -2.43. The van der Waals surface area contributed by atoms with Crippen molar-refractivity contribution >= 4 is 40.8 Å². The van der Waals surface area contributed by atoms with E-state index in [0.717, 1.165) is 11.3 Å². The lowest BCUT2D eigenvalue weighted by Gasteiger charge is -2.23. The Morgan fingerprint density at radius 3 is 2.13 bits per heavy atom. The standard InChI is InChI=1S/C15H20Cl2N2O4/c16-5-7-19(8-6-17)12-3-1-11(2-4-12)9-14(21)18-13(10-20)15(22)23/h1-4,13,20H,5-10H2,(H,18,21)(H,22,23)/t13-/m0/s1. The van der Waals surface area contributed by atoms with E-state index in [1.807, 2.05) is 17.0 Å². The van der Waals surface area contributed by atoms with Gasteiger partial charge in [-0.1, -0.05) is 12.1 Å². The monoisotopic (exact) mass is 362 g/mol. The molecule has 3 N–H and O–H groups in total. The number of alkyl halides is 2. The van der Waals surface area contributed by atoms with Gasteiger partial charge < -0.3 is 20.4 Å². The van der Waals surface area contributed by atoms with Gasteiger partial charge in [-0.3, -0.25) is 4.79 Å². The highest BCUT2D eigenvalue weighted by Crippen LogP contribution is 2.16. The Bertz CT molecular complexity index is 505. The predicted molar refractivity (Wildman–Crippen MR) is 90.5 cm³/mol. The fourth-order valence-electron chi connectivity index (χ4n) is 2.01. The number of hydrogen-bond acceptors (Lipinski definition) is 4. The quantitative estimate of drug-likeness (QED) is 0.541. The number of nitrogens with zero attached hydrogens (tertiary/aromatic N) is 1. The lowest BCUT2D eigenvalue weighted by molar-refractivity contribution is -0.142. The van der Waals surface area contributed by atoms with Crippen molar-refractivity contribution in [2.75, 3.05) is 36.4 Å². The minimum Gasteiger partial charge on any atom is -0.480 e. The number of anilines is 1. The molecule has 0 radical (unpaired) electrons. The Morgan fingerprint density at radius 2 is 1.70 bits per heavy atom. The first-order valence-corrected chi connectivity index (χ1v) is 8.17. The number of amides is 1. The van der Waals surface area contributed by atoms with E-state index < -0.39 is 24.5 Å². The van der Waals surface area contributed by atoms with E-state index in [0.29, 0.717) is 24.8 Å². The third kappa shape index (κ3) is 6.64. The van der Waals surface area contributed by atoms with E-state index >= 15 is 0 Å². The summed E-state index contributed by atoms with van der Waals surface area (Å²) in [5.41, 5.74) is 1.69. The second kappa shape index (κ2) is 10.3. The third-order valence-electron chi connectivity index (χ3n) is 3.19. The molecule has 1 atom stereocenters. The van der Waals surface area contributed by atoms with Crippen molar-refractivity contribution in [3.63, 3.8) is 0 Å². The molecule has 0 saturated heterocycles. The van der Waals surface area contributed by atoms with Crippen LogP contribution in [0.1, 0.15) is 5.56 Å². The van der Waals surface area contributed by atoms with Crippen LogP contribution in [0.15, 0.2) is 24.3 Å². The highest BCUT2D eigenvalue weighted by molar-refractivity contribution is 6.18. The molecule has 0 bridgehead atoms. The zero-order valence-electron chi connectivity index (χ0n) is 12.5. The second-order valence-corrected chi connectivity index (χ2v) is 5.61. The minimum atomic E-state index is -1.29. The Hall–Kier alpha value is -1.50. The largest absolute Gasteiger partial charge is 0.480 e. The van der Waals surface area contributed by atoms with Crippen molar-refractivity contribution in [3.8, 4) is 0 Å². The summed E-state index contributed by atoms with van der Waals surface area (Å²) in [6, 6.07) is 6.02. The molecule has 8 heteroatoms. The van der Waals surface area contributed by atoms with Crippen LogP contribution in [0, 0.1) is 0 Å². The summed E-state index contributed by atoms with van der Waals surface area (Å²) in [6.45, 7) is 0.696. The van der Waals surface area contributed by atoms with Gasteiger partial charge in [0.2, 0.25) is 5.91 Å². The molecule has 6 nitrogen and oxygen atoms in total.